The number of hydrogen-bond acceptors (Lipinski definition) is 7. The van der Waals surface area contributed by atoms with E-state index in [0.29, 0.717) is 0 Å². The Labute approximate surface area is 101 Å². The molecule has 0 unspecified atom stereocenters. The van der Waals surface area contributed by atoms with E-state index in [4.69, 9.17) is 5.11 Å². The quantitative estimate of drug-likeness (QED) is 0.462. The fourth-order valence-corrected chi connectivity index (χ4v) is 1.09. The highest BCUT2D eigenvalue weighted by atomic mass is 16.6. The molecule has 0 saturated heterocycles. The van der Waals surface area contributed by atoms with Crippen molar-refractivity contribution in [1.82, 2.24) is 0 Å². The molecule has 0 amide bonds. The highest BCUT2D eigenvalue weighted by Crippen LogP contribution is 2.28. The standard InChI is InChI=1S/C9H10N4O5/c1-6(14)5-10-11-8-3-2-7(12(15)16)4-9(8)13(17)18/h2-6,11,14H,1H3/b10-5+/t6-/m1/s1. The van der Waals surface area contributed by atoms with Gasteiger partial charge in [0.2, 0.25) is 0 Å². The summed E-state index contributed by atoms with van der Waals surface area (Å²) in [7, 11) is 0. The maximum absolute atomic E-state index is 10.7. The van der Waals surface area contributed by atoms with Crippen LogP contribution >= 0.6 is 0 Å². The summed E-state index contributed by atoms with van der Waals surface area (Å²) in [5, 5.41) is 33.7. The number of hydrazone groups is 1. The normalized spacial score (nSPS) is 12.3. The number of nitrogens with one attached hydrogen (secondary N) is 1. The van der Waals surface area contributed by atoms with Gasteiger partial charge in [-0.25, -0.2) is 0 Å². The third-order valence-corrected chi connectivity index (χ3v) is 1.86. The van der Waals surface area contributed by atoms with E-state index in [1.807, 2.05) is 0 Å². The van der Waals surface area contributed by atoms with Crippen LogP contribution in [0.15, 0.2) is 23.3 Å². The van der Waals surface area contributed by atoms with Crippen LogP contribution in [0.2, 0.25) is 0 Å². The van der Waals surface area contributed by atoms with E-state index in [1.54, 1.807) is 0 Å². The van der Waals surface area contributed by atoms with Crippen LogP contribution in [0.4, 0.5) is 17.1 Å². The Morgan fingerprint density at radius 2 is 2.06 bits per heavy atom. The molecule has 1 aromatic carbocycles. The number of anilines is 1. The average Bonchev–Trinajstić information content (AvgIpc) is 2.28. The van der Waals surface area contributed by atoms with E-state index in [9.17, 15) is 20.2 Å². The van der Waals surface area contributed by atoms with E-state index in [1.165, 1.54) is 13.0 Å². The Morgan fingerprint density at radius 1 is 1.39 bits per heavy atom. The fourth-order valence-electron chi connectivity index (χ4n) is 1.09. The Kier molecular flexibility index (Phi) is 4.27. The van der Waals surface area contributed by atoms with Gasteiger partial charge in [0.25, 0.3) is 5.69 Å². The largest absolute Gasteiger partial charge is 0.388 e. The summed E-state index contributed by atoms with van der Waals surface area (Å²) in [5.41, 5.74) is 1.49. The second-order valence-electron chi connectivity index (χ2n) is 3.35. The lowest BCUT2D eigenvalue weighted by atomic mass is 10.2. The van der Waals surface area contributed by atoms with Crippen molar-refractivity contribution in [1.29, 1.82) is 0 Å². The van der Waals surface area contributed by atoms with Crippen molar-refractivity contribution >= 4 is 23.3 Å². The highest BCUT2D eigenvalue weighted by molar-refractivity contribution is 5.68. The molecular formula is C9H10N4O5. The van der Waals surface area contributed by atoms with Gasteiger partial charge in [-0.15, -0.1) is 0 Å². The monoisotopic (exact) mass is 254 g/mol. The first-order chi connectivity index (χ1) is 8.41. The molecule has 0 aliphatic heterocycles. The first kappa shape index (κ1) is 13.5. The Balaban J connectivity index is 3.04. The van der Waals surface area contributed by atoms with Gasteiger partial charge < -0.3 is 5.11 Å². The van der Waals surface area contributed by atoms with Gasteiger partial charge in [0.1, 0.15) is 5.69 Å². The third-order valence-electron chi connectivity index (χ3n) is 1.86. The lowest BCUT2D eigenvalue weighted by molar-refractivity contribution is -0.393. The van der Waals surface area contributed by atoms with E-state index in [0.717, 1.165) is 18.3 Å². The summed E-state index contributed by atoms with van der Waals surface area (Å²) in [4.78, 5) is 19.7. The van der Waals surface area contributed by atoms with Crippen molar-refractivity contribution in [3.8, 4) is 0 Å². The van der Waals surface area contributed by atoms with Crippen molar-refractivity contribution in [3.05, 3.63) is 38.4 Å². The molecule has 0 bridgehead atoms. The minimum absolute atomic E-state index is 0.00231. The van der Waals surface area contributed by atoms with Crippen molar-refractivity contribution in [2.75, 3.05) is 5.43 Å². The molecule has 9 heteroatoms. The van der Waals surface area contributed by atoms with E-state index in [2.05, 4.69) is 10.5 Å². The van der Waals surface area contributed by atoms with Crippen molar-refractivity contribution < 1.29 is 15.0 Å². The van der Waals surface area contributed by atoms with Crippen LogP contribution in [-0.4, -0.2) is 27.3 Å². The van der Waals surface area contributed by atoms with Gasteiger partial charge in [-0.3, -0.25) is 25.7 Å². The van der Waals surface area contributed by atoms with Gasteiger partial charge in [0.05, 0.1) is 28.2 Å². The van der Waals surface area contributed by atoms with Gasteiger partial charge >= 0.3 is 5.69 Å². The van der Waals surface area contributed by atoms with Crippen LogP contribution in [0.3, 0.4) is 0 Å². The van der Waals surface area contributed by atoms with Gasteiger partial charge in [-0.2, -0.15) is 5.10 Å². The smallest absolute Gasteiger partial charge is 0.301 e. The average molecular weight is 254 g/mol. The van der Waals surface area contributed by atoms with Crippen LogP contribution in [0.5, 0.6) is 0 Å². The van der Waals surface area contributed by atoms with Crippen LogP contribution < -0.4 is 5.43 Å². The molecule has 9 nitrogen and oxygen atoms in total. The maximum Gasteiger partial charge on any atom is 0.301 e. The fraction of sp³-hybridized carbons (Fsp3) is 0.222. The molecule has 0 spiro atoms. The summed E-state index contributed by atoms with van der Waals surface area (Å²) in [6.45, 7) is 1.45. The van der Waals surface area contributed by atoms with Gasteiger partial charge in [-0.1, -0.05) is 0 Å². The molecule has 0 aliphatic carbocycles. The van der Waals surface area contributed by atoms with E-state index in [-0.39, 0.29) is 11.4 Å². The van der Waals surface area contributed by atoms with Gasteiger partial charge in [0, 0.05) is 6.07 Å². The number of aliphatic hydroxyl groups is 1. The Bertz CT molecular complexity index is 500. The summed E-state index contributed by atoms with van der Waals surface area (Å²) >= 11 is 0. The zero-order valence-corrected chi connectivity index (χ0v) is 9.31. The van der Waals surface area contributed by atoms with Gasteiger partial charge in [-0.05, 0) is 13.0 Å². The highest BCUT2D eigenvalue weighted by Gasteiger charge is 2.18. The van der Waals surface area contributed by atoms with E-state index < -0.39 is 21.6 Å². The molecule has 96 valence electrons. The molecule has 0 aliphatic rings. The molecule has 0 heterocycles. The maximum atomic E-state index is 10.7. The molecule has 0 aromatic heterocycles. The zero-order chi connectivity index (χ0) is 13.7. The second kappa shape index (κ2) is 5.68. The topological polar surface area (TPSA) is 131 Å². The van der Waals surface area contributed by atoms with Crippen molar-refractivity contribution in [2.45, 2.75) is 13.0 Å². The van der Waals surface area contributed by atoms with Crippen LogP contribution in [0.1, 0.15) is 6.92 Å². The first-order valence-electron chi connectivity index (χ1n) is 4.82. The SMILES string of the molecule is C[C@@H](O)/C=N/Nc1ccc([N+](=O)[O-])cc1[N+](=O)[O-]. The predicted molar refractivity (Wildman–Crippen MR) is 63.5 cm³/mol. The van der Waals surface area contributed by atoms with Crippen LogP contribution in [-0.2, 0) is 0 Å². The third kappa shape index (κ3) is 3.49. The molecule has 1 atom stereocenters. The van der Waals surface area contributed by atoms with Crippen molar-refractivity contribution in [2.24, 2.45) is 5.10 Å². The van der Waals surface area contributed by atoms with E-state index >= 15 is 0 Å². The Hall–Kier alpha value is -2.55. The second-order valence-corrected chi connectivity index (χ2v) is 3.35. The number of nitro benzene ring substituents is 2. The molecule has 0 saturated carbocycles. The van der Waals surface area contributed by atoms with Crippen LogP contribution in [0.25, 0.3) is 0 Å². The lowest BCUT2D eigenvalue weighted by Crippen LogP contribution is -2.04. The molecule has 1 aromatic rings. The summed E-state index contributed by atoms with van der Waals surface area (Å²) in [5.74, 6) is 0. The number of hydrogen-bond donors (Lipinski definition) is 2. The number of rotatable bonds is 5. The molecule has 1 rings (SSSR count). The summed E-state index contributed by atoms with van der Waals surface area (Å²) in [6.07, 6.45) is 0.320. The Morgan fingerprint density at radius 3 is 2.56 bits per heavy atom. The van der Waals surface area contributed by atoms with Crippen molar-refractivity contribution in [3.63, 3.8) is 0 Å². The minimum atomic E-state index is -0.811. The molecule has 0 fully saturated rings. The molecule has 0 radical (unpaired) electrons. The first-order valence-corrected chi connectivity index (χ1v) is 4.82. The molecule has 18 heavy (non-hydrogen) atoms. The number of benzene rings is 1. The number of non-ortho nitro benzene ring substituents is 1. The minimum Gasteiger partial charge on any atom is -0.388 e. The number of aliphatic hydroxyl groups excluding tert-OH is 1. The number of nitro groups is 2. The van der Waals surface area contributed by atoms with Crippen LogP contribution in [0, 0.1) is 20.2 Å². The summed E-state index contributed by atoms with van der Waals surface area (Å²) in [6, 6.07) is 3.13. The van der Waals surface area contributed by atoms with Gasteiger partial charge in [0.15, 0.2) is 0 Å². The predicted octanol–water partition coefficient (Wildman–Crippen LogP) is 1.28. The number of nitrogens with zero attached hydrogens (tertiary/aromatic N) is 3. The summed E-state index contributed by atoms with van der Waals surface area (Å²) < 4.78 is 0. The lowest BCUT2D eigenvalue weighted by Gasteiger charge is -2.02. The molecular weight excluding hydrogens is 244 g/mol. The zero-order valence-electron chi connectivity index (χ0n) is 9.31. The molecule has 2 N–H and O–H groups in total.